The lowest BCUT2D eigenvalue weighted by Gasteiger charge is -2.08. The number of furan rings is 1. The molecule has 0 fully saturated rings. The van der Waals surface area contributed by atoms with Gasteiger partial charge in [0.2, 0.25) is 0 Å². The third-order valence-corrected chi connectivity index (χ3v) is 9.38. The number of hydrogen-bond donors (Lipinski definition) is 0. The zero-order valence-electron chi connectivity index (χ0n) is 21.8. The number of hydrogen-bond acceptors (Lipinski definition) is 3. The van der Waals surface area contributed by atoms with Gasteiger partial charge in [-0.1, -0.05) is 66.7 Å². The number of thiophene rings is 1. The number of aromatic nitrogens is 1. The molecule has 190 valence electrons. The number of para-hydroxylation sites is 2. The van der Waals surface area contributed by atoms with Crippen LogP contribution in [0.1, 0.15) is 5.56 Å². The smallest absolute Gasteiger partial charge is 0.159 e. The summed E-state index contributed by atoms with van der Waals surface area (Å²) < 4.78 is 11.4. The predicted octanol–water partition coefficient (Wildman–Crippen LogP) is 10.6. The van der Waals surface area contributed by atoms with Crippen molar-refractivity contribution in [3.05, 3.63) is 127 Å². The highest BCUT2D eigenvalue weighted by Crippen LogP contribution is 2.40. The second-order valence-electron chi connectivity index (χ2n) is 10.5. The van der Waals surface area contributed by atoms with E-state index in [1.165, 1.54) is 31.3 Å². The van der Waals surface area contributed by atoms with Gasteiger partial charge in [0.05, 0.1) is 28.4 Å². The number of rotatable bonds is 2. The van der Waals surface area contributed by atoms with Gasteiger partial charge in [-0.05, 0) is 65.7 Å². The van der Waals surface area contributed by atoms with Crippen molar-refractivity contribution in [1.29, 1.82) is 5.26 Å². The van der Waals surface area contributed by atoms with Gasteiger partial charge in [-0.25, -0.2) is 0 Å². The fourth-order valence-electron chi connectivity index (χ4n) is 6.34. The molecule has 9 aromatic rings. The van der Waals surface area contributed by atoms with Crippen molar-refractivity contribution in [3.63, 3.8) is 0 Å². The summed E-state index contributed by atoms with van der Waals surface area (Å²) in [5.41, 5.74) is 7.74. The summed E-state index contributed by atoms with van der Waals surface area (Å²) in [6.07, 6.45) is 0. The largest absolute Gasteiger partial charge is 0.454 e. The van der Waals surface area contributed by atoms with Crippen LogP contribution in [0.25, 0.3) is 80.7 Å². The first-order valence-electron chi connectivity index (χ1n) is 13.6. The fourth-order valence-corrected chi connectivity index (χ4v) is 7.43. The number of fused-ring (bicyclic) bond motifs is 9. The molecule has 0 bridgehead atoms. The van der Waals surface area contributed by atoms with Crippen molar-refractivity contribution in [2.45, 2.75) is 0 Å². The van der Waals surface area contributed by atoms with Crippen molar-refractivity contribution >= 4 is 75.3 Å². The minimum absolute atomic E-state index is 0.637. The fraction of sp³-hybridized carbons (Fsp3) is 0. The van der Waals surface area contributed by atoms with Crippen LogP contribution in [0, 0.1) is 11.3 Å². The van der Waals surface area contributed by atoms with Gasteiger partial charge >= 0.3 is 0 Å². The van der Waals surface area contributed by atoms with Gasteiger partial charge in [0.25, 0.3) is 0 Å². The number of nitriles is 1. The van der Waals surface area contributed by atoms with Crippen LogP contribution in [0.3, 0.4) is 0 Å². The van der Waals surface area contributed by atoms with Gasteiger partial charge in [0.15, 0.2) is 5.58 Å². The first-order valence-corrected chi connectivity index (χ1v) is 14.4. The molecule has 0 atom stereocenters. The molecule has 0 saturated carbocycles. The first kappa shape index (κ1) is 22.4. The predicted molar refractivity (Wildman–Crippen MR) is 171 cm³/mol. The van der Waals surface area contributed by atoms with E-state index in [0.717, 1.165) is 49.4 Å². The average Bonchev–Trinajstić information content (AvgIpc) is 3.69. The molecule has 4 heteroatoms. The molecule has 9 rings (SSSR count). The van der Waals surface area contributed by atoms with Crippen LogP contribution < -0.4 is 0 Å². The SMILES string of the molecule is N#Cc1ccc2c3ccccc3n(-c3cccc4c3oc3ccc(-c5ccc6sc7ccccc7c6c5)cc34)c2c1. The van der Waals surface area contributed by atoms with Gasteiger partial charge in [-0.2, -0.15) is 5.26 Å². The summed E-state index contributed by atoms with van der Waals surface area (Å²) in [5, 5.41) is 16.7. The molecule has 0 N–H and O–H groups in total. The lowest BCUT2D eigenvalue weighted by molar-refractivity contribution is 0.666. The van der Waals surface area contributed by atoms with Gasteiger partial charge in [0, 0.05) is 41.7 Å². The Morgan fingerprint density at radius 3 is 2.20 bits per heavy atom. The maximum Gasteiger partial charge on any atom is 0.159 e. The van der Waals surface area contributed by atoms with Crippen molar-refractivity contribution in [1.82, 2.24) is 4.57 Å². The van der Waals surface area contributed by atoms with Crippen LogP contribution in [0.4, 0.5) is 0 Å². The summed E-state index contributed by atoms with van der Waals surface area (Å²) in [6.45, 7) is 0. The van der Waals surface area contributed by atoms with E-state index < -0.39 is 0 Å². The van der Waals surface area contributed by atoms with Crippen molar-refractivity contribution in [2.24, 2.45) is 0 Å². The summed E-state index contributed by atoms with van der Waals surface area (Å²) in [6, 6.07) is 44.8. The normalized spacial score (nSPS) is 11.9. The first-order chi connectivity index (χ1) is 20.3. The Bertz CT molecular complexity index is 2560. The highest BCUT2D eigenvalue weighted by atomic mass is 32.1. The van der Waals surface area contributed by atoms with Crippen LogP contribution in [0.15, 0.2) is 126 Å². The lowest BCUT2D eigenvalue weighted by atomic mass is 10.0. The monoisotopic (exact) mass is 540 g/mol. The van der Waals surface area contributed by atoms with E-state index in [1.54, 1.807) is 0 Å². The molecule has 3 aromatic heterocycles. The number of benzene rings is 6. The number of nitrogens with zero attached hydrogens (tertiary/aromatic N) is 2. The van der Waals surface area contributed by atoms with E-state index in [2.05, 4.69) is 114 Å². The van der Waals surface area contributed by atoms with E-state index >= 15 is 0 Å². The van der Waals surface area contributed by atoms with Crippen molar-refractivity contribution in [2.75, 3.05) is 0 Å². The Balaban J connectivity index is 1.28. The summed E-state index contributed by atoms with van der Waals surface area (Å²) >= 11 is 1.84. The Labute approximate surface area is 238 Å². The minimum Gasteiger partial charge on any atom is -0.454 e. The molecule has 0 spiro atoms. The molecule has 3 nitrogen and oxygen atoms in total. The molecule has 0 unspecified atom stereocenters. The summed E-state index contributed by atoms with van der Waals surface area (Å²) in [7, 11) is 0. The van der Waals surface area contributed by atoms with Gasteiger partial charge in [-0.15, -0.1) is 11.3 Å². The molecule has 0 aliphatic heterocycles. The van der Waals surface area contributed by atoms with Gasteiger partial charge in [-0.3, -0.25) is 0 Å². The van der Waals surface area contributed by atoms with E-state index in [9.17, 15) is 5.26 Å². The van der Waals surface area contributed by atoms with E-state index in [0.29, 0.717) is 5.56 Å². The third-order valence-electron chi connectivity index (χ3n) is 8.23. The van der Waals surface area contributed by atoms with E-state index in [-0.39, 0.29) is 0 Å². The minimum atomic E-state index is 0.637. The van der Waals surface area contributed by atoms with E-state index in [1.807, 2.05) is 29.5 Å². The Morgan fingerprint density at radius 2 is 1.29 bits per heavy atom. The van der Waals surface area contributed by atoms with Crippen LogP contribution in [-0.2, 0) is 0 Å². The lowest BCUT2D eigenvalue weighted by Crippen LogP contribution is -1.94. The Morgan fingerprint density at radius 1 is 0.561 bits per heavy atom. The molecular weight excluding hydrogens is 520 g/mol. The standard InChI is InChI=1S/C37H20N2OS/c38-21-22-12-15-26-25-6-1-3-9-31(25)39(33(26)18-22)32-10-5-8-28-29-19-23(13-16-34(29)40-37(28)32)24-14-17-36-30(20-24)27-7-2-4-11-35(27)41-36/h1-20H. The quantitative estimate of drug-likeness (QED) is 0.219. The molecule has 0 amide bonds. The molecule has 3 heterocycles. The van der Waals surface area contributed by atoms with Gasteiger partial charge in [0.1, 0.15) is 5.58 Å². The highest BCUT2D eigenvalue weighted by Gasteiger charge is 2.18. The molecule has 0 aliphatic rings. The zero-order valence-corrected chi connectivity index (χ0v) is 22.6. The highest BCUT2D eigenvalue weighted by molar-refractivity contribution is 7.25. The molecule has 0 saturated heterocycles. The summed E-state index contributed by atoms with van der Waals surface area (Å²) in [4.78, 5) is 0. The molecule has 0 radical (unpaired) electrons. The average molecular weight is 541 g/mol. The van der Waals surface area contributed by atoms with Crippen molar-refractivity contribution in [3.8, 4) is 22.9 Å². The maximum atomic E-state index is 9.64. The summed E-state index contributed by atoms with van der Waals surface area (Å²) in [5.74, 6) is 0. The van der Waals surface area contributed by atoms with Crippen LogP contribution in [0.2, 0.25) is 0 Å². The van der Waals surface area contributed by atoms with Crippen LogP contribution in [-0.4, -0.2) is 4.57 Å². The molecular formula is C37H20N2OS. The molecule has 6 aromatic carbocycles. The van der Waals surface area contributed by atoms with Gasteiger partial charge < -0.3 is 8.98 Å². The Hall–Kier alpha value is -5.37. The second kappa shape index (κ2) is 8.32. The zero-order chi connectivity index (χ0) is 27.1. The van der Waals surface area contributed by atoms with Crippen LogP contribution >= 0.6 is 11.3 Å². The molecule has 41 heavy (non-hydrogen) atoms. The second-order valence-corrected chi connectivity index (χ2v) is 11.6. The topological polar surface area (TPSA) is 41.9 Å². The third kappa shape index (κ3) is 3.18. The maximum absolute atomic E-state index is 9.64. The molecule has 0 aliphatic carbocycles. The Kier molecular flexibility index (Phi) is 4.55. The van der Waals surface area contributed by atoms with Crippen LogP contribution in [0.5, 0.6) is 0 Å². The van der Waals surface area contributed by atoms with E-state index in [4.69, 9.17) is 4.42 Å². The van der Waals surface area contributed by atoms with Crippen molar-refractivity contribution < 1.29 is 4.42 Å².